The third-order valence-electron chi connectivity index (χ3n) is 4.65. The third kappa shape index (κ3) is 3.36. The Morgan fingerprint density at radius 1 is 1.11 bits per heavy atom. The van der Waals surface area contributed by atoms with E-state index in [1.807, 2.05) is 42.6 Å². The Labute approximate surface area is 162 Å². The van der Waals surface area contributed by atoms with Crippen LogP contribution in [0, 0.1) is 0 Å². The Bertz CT molecular complexity index is 958. The first-order valence-electron chi connectivity index (χ1n) is 8.69. The van der Waals surface area contributed by atoms with E-state index in [1.54, 1.807) is 29.2 Å². The van der Waals surface area contributed by atoms with Crippen LogP contribution in [0.25, 0.3) is 11.1 Å². The highest BCUT2D eigenvalue weighted by atomic mass is 35.5. The van der Waals surface area contributed by atoms with Crippen LogP contribution in [-0.4, -0.2) is 36.4 Å². The van der Waals surface area contributed by atoms with E-state index < -0.39 is 0 Å². The van der Waals surface area contributed by atoms with Crippen molar-refractivity contribution < 1.29 is 9.53 Å². The van der Waals surface area contributed by atoms with Gasteiger partial charge in [0.05, 0.1) is 13.3 Å². The van der Waals surface area contributed by atoms with Crippen LogP contribution in [0.1, 0.15) is 6.42 Å². The smallest absolute Gasteiger partial charge is 0.328 e. The summed E-state index contributed by atoms with van der Waals surface area (Å²) in [6.45, 7) is 1.32. The number of aromatic amines is 1. The molecule has 6 nitrogen and oxygen atoms in total. The molecule has 1 aromatic heterocycles. The Hall–Kier alpha value is -2.99. The summed E-state index contributed by atoms with van der Waals surface area (Å²) < 4.78 is 5.55. The molecule has 0 spiro atoms. The molecule has 1 aliphatic heterocycles. The van der Waals surface area contributed by atoms with Crippen molar-refractivity contribution in [2.24, 2.45) is 0 Å². The maximum Gasteiger partial charge on any atom is 0.328 e. The number of urea groups is 1. The van der Waals surface area contributed by atoms with Gasteiger partial charge >= 0.3 is 6.03 Å². The maximum atomic E-state index is 13.1. The summed E-state index contributed by atoms with van der Waals surface area (Å²) >= 11 is 6.10. The van der Waals surface area contributed by atoms with E-state index in [9.17, 15) is 4.79 Å². The van der Waals surface area contributed by atoms with E-state index in [0.29, 0.717) is 23.9 Å². The van der Waals surface area contributed by atoms with Gasteiger partial charge in [0.25, 0.3) is 0 Å². The zero-order valence-corrected chi connectivity index (χ0v) is 15.6. The van der Waals surface area contributed by atoms with E-state index in [0.717, 1.165) is 28.9 Å². The second-order valence-electron chi connectivity index (χ2n) is 6.29. The molecule has 1 N–H and O–H groups in total. The molecule has 138 valence electrons. The number of hydrogen-bond acceptors (Lipinski definition) is 3. The van der Waals surface area contributed by atoms with Gasteiger partial charge in [-0.25, -0.2) is 4.79 Å². The minimum absolute atomic E-state index is 0.0679. The van der Waals surface area contributed by atoms with Crippen LogP contribution in [0.15, 0.2) is 54.9 Å². The summed E-state index contributed by atoms with van der Waals surface area (Å²) in [5.74, 6) is 0.696. The molecule has 1 aliphatic rings. The number of carbonyl (C=O) groups excluding carboxylic acids is 1. The lowest BCUT2D eigenvalue weighted by molar-refractivity contribution is 0.248. The van der Waals surface area contributed by atoms with E-state index in [2.05, 4.69) is 10.2 Å². The quantitative estimate of drug-likeness (QED) is 0.718. The van der Waals surface area contributed by atoms with Gasteiger partial charge in [0, 0.05) is 52.9 Å². The Kier molecular flexibility index (Phi) is 4.73. The number of carbonyl (C=O) groups is 1. The number of rotatable bonds is 4. The second-order valence-corrected chi connectivity index (χ2v) is 6.73. The lowest BCUT2D eigenvalue weighted by Gasteiger charge is -2.36. The van der Waals surface area contributed by atoms with Crippen molar-refractivity contribution in [3.8, 4) is 16.9 Å². The van der Waals surface area contributed by atoms with Crippen molar-refractivity contribution in [1.29, 1.82) is 0 Å². The lowest BCUT2D eigenvalue weighted by atomic mass is 10.1. The number of methoxy groups -OCH3 is 1. The van der Waals surface area contributed by atoms with Crippen LogP contribution < -0.4 is 14.5 Å². The Morgan fingerprint density at radius 3 is 2.56 bits per heavy atom. The van der Waals surface area contributed by atoms with Crippen LogP contribution in [0.2, 0.25) is 5.02 Å². The van der Waals surface area contributed by atoms with Gasteiger partial charge in [-0.15, -0.1) is 0 Å². The number of benzene rings is 2. The van der Waals surface area contributed by atoms with Gasteiger partial charge in [-0.1, -0.05) is 17.7 Å². The molecule has 1 fully saturated rings. The van der Waals surface area contributed by atoms with Gasteiger partial charge in [-0.2, -0.15) is 5.10 Å². The number of H-pyrrole nitrogens is 1. The van der Waals surface area contributed by atoms with Gasteiger partial charge in [0.2, 0.25) is 0 Å². The van der Waals surface area contributed by atoms with E-state index in [1.165, 1.54) is 0 Å². The largest absolute Gasteiger partial charge is 0.496 e. The van der Waals surface area contributed by atoms with Crippen LogP contribution >= 0.6 is 11.6 Å². The zero-order valence-electron chi connectivity index (χ0n) is 14.9. The van der Waals surface area contributed by atoms with Crippen LogP contribution in [0.5, 0.6) is 5.75 Å². The van der Waals surface area contributed by atoms with Crippen LogP contribution in [-0.2, 0) is 0 Å². The van der Waals surface area contributed by atoms with Gasteiger partial charge in [-0.3, -0.25) is 14.9 Å². The predicted octanol–water partition coefficient (Wildman–Crippen LogP) is 4.58. The SMILES string of the molecule is COc1cc(N2CCCN(c3cccc(Cl)c3)C2=O)ccc1-c1cn[nH]c1. The molecule has 0 saturated carbocycles. The van der Waals surface area contributed by atoms with Crippen molar-refractivity contribution in [2.75, 3.05) is 30.0 Å². The highest BCUT2D eigenvalue weighted by Gasteiger charge is 2.28. The van der Waals surface area contributed by atoms with Crippen molar-refractivity contribution in [3.63, 3.8) is 0 Å². The minimum Gasteiger partial charge on any atom is -0.496 e. The number of hydrogen-bond donors (Lipinski definition) is 1. The fourth-order valence-electron chi connectivity index (χ4n) is 3.33. The molecule has 0 unspecified atom stereocenters. The number of ether oxygens (including phenoxy) is 1. The average Bonchev–Trinajstić information content (AvgIpc) is 3.22. The Balaban J connectivity index is 1.65. The summed E-state index contributed by atoms with van der Waals surface area (Å²) in [6, 6.07) is 13.1. The first kappa shape index (κ1) is 17.4. The normalized spacial score (nSPS) is 14.5. The number of anilines is 2. The number of nitrogens with one attached hydrogen (secondary N) is 1. The standard InChI is InChI=1S/C20H19ClN4O2/c1-27-19-11-17(6-7-18(19)14-12-22-23-13-14)25-9-3-8-24(20(25)26)16-5-2-4-15(21)10-16/h2,4-7,10-13H,3,8-9H2,1H3,(H,22,23). The van der Waals surface area contributed by atoms with E-state index in [-0.39, 0.29) is 6.03 Å². The molecular weight excluding hydrogens is 364 g/mol. The number of halogens is 1. The molecule has 4 rings (SSSR count). The van der Waals surface area contributed by atoms with Gasteiger partial charge < -0.3 is 4.74 Å². The highest BCUT2D eigenvalue weighted by Crippen LogP contribution is 2.34. The minimum atomic E-state index is -0.0679. The summed E-state index contributed by atoms with van der Waals surface area (Å²) in [6.07, 6.45) is 4.42. The molecular formula is C20H19ClN4O2. The monoisotopic (exact) mass is 382 g/mol. The number of nitrogens with zero attached hydrogens (tertiary/aromatic N) is 3. The van der Waals surface area contributed by atoms with Gasteiger partial charge in [-0.05, 0) is 36.8 Å². The summed E-state index contributed by atoms with van der Waals surface area (Å²) in [4.78, 5) is 16.6. The molecule has 1 saturated heterocycles. The molecule has 2 aromatic carbocycles. The summed E-state index contributed by atoms with van der Waals surface area (Å²) in [5, 5.41) is 7.41. The summed E-state index contributed by atoms with van der Waals surface area (Å²) in [5.41, 5.74) is 3.46. The molecule has 0 atom stereocenters. The molecule has 3 aromatic rings. The highest BCUT2D eigenvalue weighted by molar-refractivity contribution is 6.31. The molecule has 0 bridgehead atoms. The first-order chi connectivity index (χ1) is 13.2. The third-order valence-corrected chi connectivity index (χ3v) is 4.89. The number of amides is 2. The molecule has 2 amide bonds. The first-order valence-corrected chi connectivity index (χ1v) is 9.07. The Morgan fingerprint density at radius 2 is 1.89 bits per heavy atom. The predicted molar refractivity (Wildman–Crippen MR) is 107 cm³/mol. The van der Waals surface area contributed by atoms with Crippen molar-refractivity contribution in [3.05, 3.63) is 59.9 Å². The summed E-state index contributed by atoms with van der Waals surface area (Å²) in [7, 11) is 1.62. The lowest BCUT2D eigenvalue weighted by Crippen LogP contribution is -2.49. The molecule has 27 heavy (non-hydrogen) atoms. The second kappa shape index (κ2) is 7.32. The van der Waals surface area contributed by atoms with Crippen LogP contribution in [0.3, 0.4) is 0 Å². The van der Waals surface area contributed by atoms with Gasteiger partial charge in [0.15, 0.2) is 0 Å². The number of aromatic nitrogens is 2. The van der Waals surface area contributed by atoms with E-state index in [4.69, 9.17) is 16.3 Å². The fourth-order valence-corrected chi connectivity index (χ4v) is 3.52. The average molecular weight is 383 g/mol. The molecule has 7 heteroatoms. The van der Waals surface area contributed by atoms with Gasteiger partial charge in [0.1, 0.15) is 5.75 Å². The molecule has 2 heterocycles. The van der Waals surface area contributed by atoms with Crippen LogP contribution in [0.4, 0.5) is 16.2 Å². The molecule has 0 radical (unpaired) electrons. The fraction of sp³-hybridized carbons (Fsp3) is 0.200. The van der Waals surface area contributed by atoms with Crippen molar-refractivity contribution in [1.82, 2.24) is 10.2 Å². The van der Waals surface area contributed by atoms with Crippen molar-refractivity contribution >= 4 is 29.0 Å². The topological polar surface area (TPSA) is 61.5 Å². The zero-order chi connectivity index (χ0) is 18.8. The molecule has 0 aliphatic carbocycles. The maximum absolute atomic E-state index is 13.1. The van der Waals surface area contributed by atoms with E-state index >= 15 is 0 Å². The van der Waals surface area contributed by atoms with Crippen molar-refractivity contribution in [2.45, 2.75) is 6.42 Å².